The van der Waals surface area contributed by atoms with Crippen LogP contribution in [0.1, 0.15) is 99.5 Å². The number of carbonyl (C=O) groups is 4. The lowest BCUT2D eigenvalue weighted by Crippen LogP contribution is -2.52. The van der Waals surface area contributed by atoms with Crippen molar-refractivity contribution in [2.45, 2.75) is 96.2 Å². The standard InChI is InChI=1S/C31H43FN4O5/c1-31(2,3)34-30(40)41-18-20-6-4-19(5-7-20)16-35-12-10-21(11-13-35)23-14-22-17-36(29(39)24(22)15-25(23)32)26-8-9-27(37)33-28(26)38/h14-15,19-21,26H,4-13,16-18H2,1-3H3,(H,34,40)(H,33,37,38). The molecule has 9 nitrogen and oxygen atoms in total. The molecule has 3 aliphatic heterocycles. The molecule has 4 amide bonds. The summed E-state index contributed by atoms with van der Waals surface area (Å²) in [6, 6.07) is 2.48. The molecule has 1 atom stereocenters. The lowest BCUT2D eigenvalue weighted by atomic mass is 9.81. The van der Waals surface area contributed by atoms with Crippen LogP contribution in [0, 0.1) is 17.7 Å². The first kappa shape index (κ1) is 29.5. The zero-order chi connectivity index (χ0) is 29.3. The molecule has 2 saturated heterocycles. The summed E-state index contributed by atoms with van der Waals surface area (Å²) in [5, 5.41) is 5.15. The quantitative estimate of drug-likeness (QED) is 0.499. The van der Waals surface area contributed by atoms with Gasteiger partial charge in [0.2, 0.25) is 11.8 Å². The Morgan fingerprint density at radius 2 is 1.71 bits per heavy atom. The Morgan fingerprint density at radius 3 is 2.37 bits per heavy atom. The number of ether oxygens (including phenoxy) is 1. The SMILES string of the molecule is CC(C)(C)NC(=O)OCC1CCC(CN2CCC(c3cc4c(cc3F)C(=O)N(C3CCC(=O)NC3=O)C4)CC2)CC1. The van der Waals surface area contributed by atoms with Crippen LogP contribution >= 0.6 is 0 Å². The van der Waals surface area contributed by atoms with Crippen molar-refractivity contribution in [3.8, 4) is 0 Å². The fourth-order valence-electron chi connectivity index (χ4n) is 6.83. The van der Waals surface area contributed by atoms with Crippen LogP contribution in [0.15, 0.2) is 12.1 Å². The maximum Gasteiger partial charge on any atom is 0.407 e. The molecular weight excluding hydrogens is 527 g/mol. The fourth-order valence-corrected chi connectivity index (χ4v) is 6.83. The first-order valence-electron chi connectivity index (χ1n) is 15.1. The molecule has 3 fully saturated rings. The number of likely N-dealkylation sites (tertiary alicyclic amines) is 1. The second-order valence-electron chi connectivity index (χ2n) is 13.4. The van der Waals surface area contributed by atoms with Gasteiger partial charge in [-0.15, -0.1) is 0 Å². The van der Waals surface area contributed by atoms with Crippen molar-refractivity contribution in [3.05, 3.63) is 34.6 Å². The molecule has 2 N–H and O–H groups in total. The number of amides is 4. The minimum Gasteiger partial charge on any atom is -0.449 e. The van der Waals surface area contributed by atoms with Gasteiger partial charge in [-0.2, -0.15) is 0 Å². The second-order valence-corrected chi connectivity index (χ2v) is 13.4. The Kier molecular flexibility index (Phi) is 8.68. The molecule has 1 saturated carbocycles. The second kappa shape index (κ2) is 12.1. The number of alkyl carbamates (subject to hydrolysis) is 1. The van der Waals surface area contributed by atoms with Crippen molar-refractivity contribution in [2.24, 2.45) is 11.8 Å². The van der Waals surface area contributed by atoms with Gasteiger partial charge in [0.05, 0.1) is 6.61 Å². The molecule has 41 heavy (non-hydrogen) atoms. The monoisotopic (exact) mass is 570 g/mol. The number of nitrogens with zero attached hydrogens (tertiary/aromatic N) is 2. The third-order valence-electron chi connectivity index (χ3n) is 9.08. The summed E-state index contributed by atoms with van der Waals surface area (Å²) in [6.07, 6.45) is 6.28. The lowest BCUT2D eigenvalue weighted by molar-refractivity contribution is -0.136. The zero-order valence-corrected chi connectivity index (χ0v) is 24.5. The number of hydrogen-bond acceptors (Lipinski definition) is 6. The van der Waals surface area contributed by atoms with E-state index in [9.17, 15) is 19.2 Å². The summed E-state index contributed by atoms with van der Waals surface area (Å²) in [6.45, 7) is 9.43. The summed E-state index contributed by atoms with van der Waals surface area (Å²) < 4.78 is 20.7. The van der Waals surface area contributed by atoms with Crippen molar-refractivity contribution in [2.75, 3.05) is 26.2 Å². The molecule has 1 aromatic carbocycles. The van der Waals surface area contributed by atoms with Crippen molar-refractivity contribution in [1.82, 2.24) is 20.4 Å². The van der Waals surface area contributed by atoms with Gasteiger partial charge >= 0.3 is 6.09 Å². The minimum absolute atomic E-state index is 0.100. The number of rotatable bonds is 6. The minimum atomic E-state index is -0.696. The van der Waals surface area contributed by atoms with Gasteiger partial charge in [-0.05, 0) is 114 Å². The molecule has 1 aliphatic carbocycles. The predicted octanol–water partition coefficient (Wildman–Crippen LogP) is 4.10. The Hall–Kier alpha value is -3.01. The first-order valence-corrected chi connectivity index (χ1v) is 15.1. The summed E-state index contributed by atoms with van der Waals surface area (Å²) >= 11 is 0. The molecule has 10 heteroatoms. The van der Waals surface area contributed by atoms with Crippen molar-refractivity contribution in [3.63, 3.8) is 0 Å². The van der Waals surface area contributed by atoms with Crippen molar-refractivity contribution >= 4 is 23.8 Å². The van der Waals surface area contributed by atoms with Crippen LogP contribution in [0.3, 0.4) is 0 Å². The summed E-state index contributed by atoms with van der Waals surface area (Å²) in [5.74, 6) is -0.323. The molecule has 224 valence electrons. The number of piperidine rings is 2. The molecule has 4 aliphatic rings. The number of benzene rings is 1. The maximum atomic E-state index is 15.3. The van der Waals surface area contributed by atoms with E-state index < -0.39 is 11.9 Å². The van der Waals surface area contributed by atoms with E-state index >= 15 is 4.39 Å². The Morgan fingerprint density at radius 1 is 1.02 bits per heavy atom. The molecule has 1 aromatic rings. The van der Waals surface area contributed by atoms with Crippen LogP contribution in [-0.4, -0.2) is 71.4 Å². The summed E-state index contributed by atoms with van der Waals surface area (Å²) in [7, 11) is 0. The number of halogens is 1. The van der Waals surface area contributed by atoms with Gasteiger partial charge < -0.3 is 19.9 Å². The molecule has 5 rings (SSSR count). The summed E-state index contributed by atoms with van der Waals surface area (Å²) in [4.78, 5) is 52.8. The van der Waals surface area contributed by atoms with Crippen LogP contribution in [0.5, 0.6) is 0 Å². The highest BCUT2D eigenvalue weighted by atomic mass is 19.1. The van der Waals surface area contributed by atoms with Gasteiger partial charge in [0.25, 0.3) is 5.91 Å². The first-order chi connectivity index (χ1) is 19.5. The Labute approximate surface area is 241 Å². The van der Waals surface area contributed by atoms with Crippen LogP contribution in [0.4, 0.5) is 9.18 Å². The van der Waals surface area contributed by atoms with Crippen molar-refractivity contribution in [1.29, 1.82) is 0 Å². The van der Waals surface area contributed by atoms with Gasteiger partial charge in [-0.1, -0.05) is 6.07 Å². The molecule has 1 unspecified atom stereocenters. The average Bonchev–Trinajstić information content (AvgIpc) is 3.22. The number of imide groups is 1. The molecular formula is C31H43FN4O5. The highest BCUT2D eigenvalue weighted by molar-refractivity contribution is 6.05. The third kappa shape index (κ3) is 7.08. The Balaban J connectivity index is 1.08. The largest absolute Gasteiger partial charge is 0.449 e. The molecule has 3 heterocycles. The number of carbonyl (C=O) groups excluding carboxylic acids is 4. The van der Waals surface area contributed by atoms with Crippen LogP contribution in [0.25, 0.3) is 0 Å². The number of fused-ring (bicyclic) bond motifs is 1. The van der Waals surface area contributed by atoms with E-state index in [0.717, 1.165) is 63.7 Å². The van der Waals surface area contributed by atoms with Gasteiger partial charge in [0, 0.05) is 30.6 Å². The van der Waals surface area contributed by atoms with Gasteiger partial charge in [-0.25, -0.2) is 9.18 Å². The van der Waals surface area contributed by atoms with Crippen molar-refractivity contribution < 1.29 is 28.3 Å². The van der Waals surface area contributed by atoms with Gasteiger partial charge in [-0.3, -0.25) is 19.7 Å². The fraction of sp³-hybridized carbons (Fsp3) is 0.677. The summed E-state index contributed by atoms with van der Waals surface area (Å²) in [5.41, 5.74) is 1.45. The molecule has 0 aromatic heterocycles. The molecule has 0 radical (unpaired) electrons. The number of hydrogen-bond donors (Lipinski definition) is 2. The van der Waals surface area contributed by atoms with E-state index in [1.807, 2.05) is 26.8 Å². The van der Waals surface area contributed by atoms with Gasteiger partial charge in [0.15, 0.2) is 0 Å². The highest BCUT2D eigenvalue weighted by Crippen LogP contribution is 2.36. The zero-order valence-electron chi connectivity index (χ0n) is 24.5. The third-order valence-corrected chi connectivity index (χ3v) is 9.08. The van der Waals surface area contributed by atoms with E-state index in [-0.39, 0.29) is 48.1 Å². The van der Waals surface area contributed by atoms with Crippen LogP contribution < -0.4 is 10.6 Å². The lowest BCUT2D eigenvalue weighted by Gasteiger charge is -2.37. The smallest absolute Gasteiger partial charge is 0.407 e. The Bertz CT molecular complexity index is 1180. The average molecular weight is 571 g/mol. The predicted molar refractivity (Wildman–Crippen MR) is 151 cm³/mol. The highest BCUT2D eigenvalue weighted by Gasteiger charge is 2.40. The van der Waals surface area contributed by atoms with E-state index in [4.69, 9.17) is 4.74 Å². The normalized spacial score (nSPS) is 26.1. The number of nitrogens with one attached hydrogen (secondary N) is 2. The molecule has 0 bridgehead atoms. The van der Waals surface area contributed by atoms with E-state index in [1.165, 1.54) is 11.0 Å². The van der Waals surface area contributed by atoms with E-state index in [0.29, 0.717) is 36.0 Å². The molecule has 0 spiro atoms. The topological polar surface area (TPSA) is 108 Å². The van der Waals surface area contributed by atoms with E-state index in [2.05, 4.69) is 15.5 Å². The van der Waals surface area contributed by atoms with Crippen LogP contribution in [-0.2, 0) is 20.9 Å². The maximum absolute atomic E-state index is 15.3. The van der Waals surface area contributed by atoms with Gasteiger partial charge in [0.1, 0.15) is 11.9 Å². The van der Waals surface area contributed by atoms with Crippen LogP contribution in [0.2, 0.25) is 0 Å². The van der Waals surface area contributed by atoms with E-state index in [1.54, 1.807) is 0 Å².